The van der Waals surface area contributed by atoms with E-state index in [1.54, 1.807) is 13.2 Å². The van der Waals surface area contributed by atoms with E-state index in [4.69, 9.17) is 9.72 Å². The van der Waals surface area contributed by atoms with E-state index < -0.39 is 0 Å². The summed E-state index contributed by atoms with van der Waals surface area (Å²) >= 11 is 0. The molecule has 1 saturated heterocycles. The van der Waals surface area contributed by atoms with Gasteiger partial charge < -0.3 is 20.3 Å². The second-order valence-corrected chi connectivity index (χ2v) is 6.41. The number of nitrogens with one attached hydrogen (secondary N) is 3. The standard InChI is InChI=1S/C18H21N7O2/c1-11-10-25(7-8-27-11)17-14-9-20-24-16(14)22-15(23-17)12-3-5-13(6-4-12)21-18(26)19-2/h3-6,9,11H,7-8,10H2,1-2H3,(H2,19,21,26)(H,20,22,23,24). The fourth-order valence-corrected chi connectivity index (χ4v) is 3.10. The number of morpholine rings is 1. The van der Waals surface area contributed by atoms with Gasteiger partial charge in [-0.25, -0.2) is 14.8 Å². The van der Waals surface area contributed by atoms with Gasteiger partial charge in [0, 0.05) is 31.4 Å². The smallest absolute Gasteiger partial charge is 0.318 e. The number of hydrogen-bond donors (Lipinski definition) is 3. The van der Waals surface area contributed by atoms with Crippen LogP contribution in [0.4, 0.5) is 16.3 Å². The predicted molar refractivity (Wildman–Crippen MR) is 103 cm³/mol. The Bertz CT molecular complexity index is 954. The molecule has 2 amide bonds. The van der Waals surface area contributed by atoms with Gasteiger partial charge in [0.1, 0.15) is 5.82 Å². The number of fused-ring (bicyclic) bond motifs is 1. The van der Waals surface area contributed by atoms with Crippen LogP contribution in [0, 0.1) is 0 Å². The third-order valence-corrected chi connectivity index (χ3v) is 4.46. The minimum Gasteiger partial charge on any atom is -0.375 e. The largest absolute Gasteiger partial charge is 0.375 e. The fraction of sp³-hybridized carbons (Fsp3) is 0.333. The SMILES string of the molecule is CNC(=O)Nc1ccc(-c2nc(N3CCOC(C)C3)c3cn[nH]c3n2)cc1. The number of nitrogens with zero attached hydrogens (tertiary/aromatic N) is 4. The zero-order valence-corrected chi connectivity index (χ0v) is 15.2. The van der Waals surface area contributed by atoms with Crippen LogP contribution < -0.4 is 15.5 Å². The van der Waals surface area contributed by atoms with E-state index in [-0.39, 0.29) is 12.1 Å². The second kappa shape index (κ2) is 7.20. The molecule has 0 saturated carbocycles. The van der Waals surface area contributed by atoms with Crippen molar-refractivity contribution in [2.24, 2.45) is 0 Å². The summed E-state index contributed by atoms with van der Waals surface area (Å²) < 4.78 is 5.64. The van der Waals surface area contributed by atoms with Gasteiger partial charge in [-0.3, -0.25) is 5.10 Å². The first-order valence-corrected chi connectivity index (χ1v) is 8.81. The minimum absolute atomic E-state index is 0.147. The molecule has 9 heteroatoms. The van der Waals surface area contributed by atoms with Gasteiger partial charge in [-0.1, -0.05) is 0 Å². The maximum atomic E-state index is 11.4. The Morgan fingerprint density at radius 1 is 1.30 bits per heavy atom. The summed E-state index contributed by atoms with van der Waals surface area (Å²) in [5.41, 5.74) is 2.25. The van der Waals surface area contributed by atoms with Crippen molar-refractivity contribution >= 4 is 28.6 Å². The number of carbonyl (C=O) groups excluding carboxylic acids is 1. The number of ether oxygens (including phenoxy) is 1. The van der Waals surface area contributed by atoms with Crippen LogP contribution in [0.25, 0.3) is 22.4 Å². The molecule has 3 N–H and O–H groups in total. The number of benzene rings is 1. The normalized spacial score (nSPS) is 17.1. The molecule has 1 aromatic carbocycles. The molecule has 140 valence electrons. The number of aromatic nitrogens is 4. The van der Waals surface area contributed by atoms with E-state index in [1.807, 2.05) is 24.3 Å². The van der Waals surface area contributed by atoms with Crippen molar-refractivity contribution in [2.45, 2.75) is 13.0 Å². The number of rotatable bonds is 3. The van der Waals surface area contributed by atoms with Crippen LogP contribution in [0.2, 0.25) is 0 Å². The fourth-order valence-electron chi connectivity index (χ4n) is 3.10. The predicted octanol–water partition coefficient (Wildman–Crippen LogP) is 2.00. The van der Waals surface area contributed by atoms with Crippen LogP contribution >= 0.6 is 0 Å². The van der Waals surface area contributed by atoms with Crippen molar-refractivity contribution in [3.05, 3.63) is 30.5 Å². The first-order chi connectivity index (χ1) is 13.1. The van der Waals surface area contributed by atoms with Crippen LogP contribution in [-0.4, -0.2) is 59.0 Å². The van der Waals surface area contributed by atoms with Crippen molar-refractivity contribution in [2.75, 3.05) is 37.0 Å². The van der Waals surface area contributed by atoms with Crippen LogP contribution in [-0.2, 0) is 4.74 Å². The summed E-state index contributed by atoms with van der Waals surface area (Å²) in [5.74, 6) is 1.46. The number of anilines is 2. The monoisotopic (exact) mass is 367 g/mol. The highest BCUT2D eigenvalue weighted by Crippen LogP contribution is 2.28. The highest BCUT2D eigenvalue weighted by atomic mass is 16.5. The quantitative estimate of drug-likeness (QED) is 0.653. The molecule has 1 atom stereocenters. The molecule has 0 spiro atoms. The lowest BCUT2D eigenvalue weighted by Crippen LogP contribution is -2.41. The minimum atomic E-state index is -0.262. The summed E-state index contributed by atoms with van der Waals surface area (Å²) in [5, 5.41) is 13.2. The van der Waals surface area contributed by atoms with Crippen molar-refractivity contribution in [3.8, 4) is 11.4 Å². The molecule has 1 aliphatic rings. The van der Waals surface area contributed by atoms with Crippen molar-refractivity contribution in [3.63, 3.8) is 0 Å². The van der Waals surface area contributed by atoms with Gasteiger partial charge in [-0.2, -0.15) is 5.10 Å². The van der Waals surface area contributed by atoms with E-state index in [9.17, 15) is 4.79 Å². The number of hydrogen-bond acceptors (Lipinski definition) is 6. The Kier molecular flexibility index (Phi) is 4.59. The molecular formula is C18H21N7O2. The Balaban J connectivity index is 1.69. The number of urea groups is 1. The first kappa shape index (κ1) is 17.2. The highest BCUT2D eigenvalue weighted by Gasteiger charge is 2.22. The molecule has 1 fully saturated rings. The zero-order valence-electron chi connectivity index (χ0n) is 15.2. The first-order valence-electron chi connectivity index (χ1n) is 8.81. The highest BCUT2D eigenvalue weighted by molar-refractivity contribution is 5.90. The molecule has 3 aromatic rings. The lowest BCUT2D eigenvalue weighted by Gasteiger charge is -2.32. The Morgan fingerprint density at radius 2 is 2.11 bits per heavy atom. The molecule has 0 radical (unpaired) electrons. The summed E-state index contributed by atoms with van der Waals surface area (Å²) in [6, 6.07) is 7.15. The molecule has 4 rings (SSSR count). The number of amides is 2. The van der Waals surface area contributed by atoms with Crippen molar-refractivity contribution in [1.29, 1.82) is 0 Å². The molecule has 2 aromatic heterocycles. The Hall–Kier alpha value is -3.20. The van der Waals surface area contributed by atoms with E-state index >= 15 is 0 Å². The van der Waals surface area contributed by atoms with Gasteiger partial charge in [0.25, 0.3) is 0 Å². The van der Waals surface area contributed by atoms with Crippen LogP contribution in [0.3, 0.4) is 0 Å². The van der Waals surface area contributed by atoms with Gasteiger partial charge in [0.05, 0.1) is 24.3 Å². The van der Waals surface area contributed by atoms with Gasteiger partial charge in [-0.15, -0.1) is 0 Å². The molecule has 27 heavy (non-hydrogen) atoms. The Labute approximate surface area is 156 Å². The maximum Gasteiger partial charge on any atom is 0.318 e. The molecule has 9 nitrogen and oxygen atoms in total. The molecule has 0 aliphatic carbocycles. The van der Waals surface area contributed by atoms with Crippen molar-refractivity contribution in [1.82, 2.24) is 25.5 Å². The van der Waals surface area contributed by atoms with Gasteiger partial charge in [-0.05, 0) is 31.2 Å². The lowest BCUT2D eigenvalue weighted by atomic mass is 10.2. The second-order valence-electron chi connectivity index (χ2n) is 6.41. The summed E-state index contributed by atoms with van der Waals surface area (Å²) in [6.45, 7) is 4.26. The number of carbonyl (C=O) groups is 1. The lowest BCUT2D eigenvalue weighted by molar-refractivity contribution is 0.0530. The van der Waals surface area contributed by atoms with Gasteiger partial charge in [0.15, 0.2) is 11.5 Å². The number of aromatic amines is 1. The average molecular weight is 367 g/mol. The van der Waals surface area contributed by atoms with Gasteiger partial charge in [0.2, 0.25) is 0 Å². The molecular weight excluding hydrogens is 346 g/mol. The van der Waals surface area contributed by atoms with Crippen molar-refractivity contribution < 1.29 is 9.53 Å². The molecule has 1 aliphatic heterocycles. The van der Waals surface area contributed by atoms with Crippen LogP contribution in [0.5, 0.6) is 0 Å². The van der Waals surface area contributed by atoms with Gasteiger partial charge >= 0.3 is 6.03 Å². The maximum absolute atomic E-state index is 11.4. The van der Waals surface area contributed by atoms with Crippen LogP contribution in [0.1, 0.15) is 6.92 Å². The Morgan fingerprint density at radius 3 is 2.85 bits per heavy atom. The van der Waals surface area contributed by atoms with E-state index in [0.29, 0.717) is 23.8 Å². The van der Waals surface area contributed by atoms with Crippen LogP contribution in [0.15, 0.2) is 30.5 Å². The summed E-state index contributed by atoms with van der Waals surface area (Å²) in [6.07, 6.45) is 1.90. The molecule has 0 bridgehead atoms. The summed E-state index contributed by atoms with van der Waals surface area (Å²) in [7, 11) is 1.57. The number of H-pyrrole nitrogens is 1. The van der Waals surface area contributed by atoms with E-state index in [2.05, 4.69) is 37.6 Å². The summed E-state index contributed by atoms with van der Waals surface area (Å²) in [4.78, 5) is 23.0. The average Bonchev–Trinajstić information content (AvgIpc) is 3.16. The van der Waals surface area contributed by atoms with E-state index in [0.717, 1.165) is 29.9 Å². The topological polar surface area (TPSA) is 108 Å². The van der Waals surface area contributed by atoms with E-state index in [1.165, 1.54) is 0 Å². The zero-order chi connectivity index (χ0) is 18.8. The molecule has 1 unspecified atom stereocenters. The molecule has 3 heterocycles. The third-order valence-electron chi connectivity index (χ3n) is 4.46. The third kappa shape index (κ3) is 3.54.